The fourth-order valence-electron chi connectivity index (χ4n) is 4.90. The second kappa shape index (κ2) is 7.49. The van der Waals surface area contributed by atoms with Crippen molar-refractivity contribution in [1.29, 1.82) is 0 Å². The van der Waals surface area contributed by atoms with Gasteiger partial charge in [-0.2, -0.15) is 0 Å². The van der Waals surface area contributed by atoms with Crippen LogP contribution in [-0.2, 0) is 9.53 Å². The smallest absolute Gasteiger partial charge is 0.226 e. The van der Waals surface area contributed by atoms with Crippen molar-refractivity contribution >= 4 is 5.91 Å². The zero-order valence-corrected chi connectivity index (χ0v) is 14.7. The molecule has 0 aromatic rings. The van der Waals surface area contributed by atoms with Crippen LogP contribution in [-0.4, -0.2) is 66.7 Å². The molecule has 2 saturated heterocycles. The summed E-state index contributed by atoms with van der Waals surface area (Å²) in [7, 11) is 0. The number of amides is 1. The molecular formula is C18H33N3O2. The van der Waals surface area contributed by atoms with Gasteiger partial charge in [0.2, 0.25) is 5.91 Å². The van der Waals surface area contributed by atoms with Crippen molar-refractivity contribution in [2.24, 2.45) is 17.6 Å². The van der Waals surface area contributed by atoms with E-state index in [4.69, 9.17) is 10.5 Å². The van der Waals surface area contributed by atoms with Gasteiger partial charge in [-0.1, -0.05) is 6.42 Å². The molecular weight excluding hydrogens is 290 g/mol. The SMILES string of the molecule is CC1CN(CC2CCCN2C(=O)[C@@H]2CCC[C@@H]2CN)CC(C)O1. The van der Waals surface area contributed by atoms with E-state index in [1.54, 1.807) is 0 Å². The molecule has 3 rings (SSSR count). The molecule has 1 aliphatic carbocycles. The quantitative estimate of drug-likeness (QED) is 0.851. The molecule has 23 heavy (non-hydrogen) atoms. The summed E-state index contributed by atoms with van der Waals surface area (Å²) in [6.07, 6.45) is 6.20. The maximum absolute atomic E-state index is 13.0. The van der Waals surface area contributed by atoms with Crippen LogP contribution in [0.5, 0.6) is 0 Å². The lowest BCUT2D eigenvalue weighted by Crippen LogP contribution is -2.51. The number of carbonyl (C=O) groups excluding carboxylic acids is 1. The lowest BCUT2D eigenvalue weighted by molar-refractivity contribution is -0.138. The average molecular weight is 323 g/mol. The van der Waals surface area contributed by atoms with Gasteiger partial charge in [-0.15, -0.1) is 0 Å². The number of morpholine rings is 1. The van der Waals surface area contributed by atoms with Gasteiger partial charge in [0, 0.05) is 38.1 Å². The number of hydrogen-bond acceptors (Lipinski definition) is 4. The molecule has 5 atom stereocenters. The molecule has 0 bridgehead atoms. The Morgan fingerprint density at radius 2 is 1.87 bits per heavy atom. The average Bonchev–Trinajstić information content (AvgIpc) is 3.13. The first-order chi connectivity index (χ1) is 11.1. The lowest BCUT2D eigenvalue weighted by atomic mass is 9.94. The van der Waals surface area contributed by atoms with Crippen molar-refractivity contribution in [2.75, 3.05) is 32.7 Å². The van der Waals surface area contributed by atoms with Crippen LogP contribution in [0.25, 0.3) is 0 Å². The molecule has 3 unspecified atom stereocenters. The van der Waals surface area contributed by atoms with Crippen molar-refractivity contribution in [3.8, 4) is 0 Å². The van der Waals surface area contributed by atoms with Crippen LogP contribution in [0.2, 0.25) is 0 Å². The molecule has 2 N–H and O–H groups in total. The maximum Gasteiger partial charge on any atom is 0.226 e. The van der Waals surface area contributed by atoms with Gasteiger partial charge in [0.1, 0.15) is 0 Å². The molecule has 2 aliphatic heterocycles. The predicted octanol–water partition coefficient (Wildman–Crippen LogP) is 1.46. The van der Waals surface area contributed by atoms with Gasteiger partial charge >= 0.3 is 0 Å². The van der Waals surface area contributed by atoms with E-state index in [9.17, 15) is 4.79 Å². The monoisotopic (exact) mass is 323 g/mol. The van der Waals surface area contributed by atoms with E-state index in [0.717, 1.165) is 58.3 Å². The van der Waals surface area contributed by atoms with Gasteiger partial charge in [-0.05, 0) is 52.0 Å². The van der Waals surface area contributed by atoms with Crippen molar-refractivity contribution < 1.29 is 9.53 Å². The van der Waals surface area contributed by atoms with E-state index in [0.29, 0.717) is 36.6 Å². The largest absolute Gasteiger partial charge is 0.373 e. The fraction of sp³-hybridized carbons (Fsp3) is 0.944. The normalized spacial score (nSPS) is 39.1. The predicted molar refractivity (Wildman–Crippen MR) is 91.1 cm³/mol. The summed E-state index contributed by atoms with van der Waals surface area (Å²) in [6, 6.07) is 0.388. The van der Waals surface area contributed by atoms with E-state index in [1.807, 2.05) is 0 Å². The molecule has 0 radical (unpaired) electrons. The molecule has 3 aliphatic rings. The van der Waals surface area contributed by atoms with Crippen molar-refractivity contribution in [1.82, 2.24) is 9.80 Å². The zero-order valence-electron chi connectivity index (χ0n) is 14.7. The number of nitrogens with zero attached hydrogens (tertiary/aromatic N) is 2. The second-order valence-corrected chi connectivity index (χ2v) is 7.84. The molecule has 1 amide bonds. The van der Waals surface area contributed by atoms with Crippen LogP contribution in [0, 0.1) is 11.8 Å². The Labute approximate surface area is 140 Å². The standard InChI is InChI=1S/C18H33N3O2/c1-13-10-20(11-14(2)23-13)12-16-6-4-8-21(16)18(22)17-7-3-5-15(17)9-19/h13-17H,3-12,19H2,1-2H3/t13?,14?,15-,16?,17-/m1/s1. The minimum atomic E-state index is 0.183. The van der Waals surface area contributed by atoms with E-state index < -0.39 is 0 Å². The number of hydrogen-bond donors (Lipinski definition) is 1. The first-order valence-corrected chi connectivity index (χ1v) is 9.46. The van der Waals surface area contributed by atoms with E-state index in [2.05, 4.69) is 23.6 Å². The first-order valence-electron chi connectivity index (χ1n) is 9.46. The third kappa shape index (κ3) is 3.89. The summed E-state index contributed by atoms with van der Waals surface area (Å²) in [4.78, 5) is 17.7. The van der Waals surface area contributed by atoms with Gasteiger partial charge in [0.05, 0.1) is 12.2 Å². The minimum absolute atomic E-state index is 0.183. The summed E-state index contributed by atoms with van der Waals surface area (Å²) < 4.78 is 5.83. The molecule has 5 nitrogen and oxygen atoms in total. The summed E-state index contributed by atoms with van der Waals surface area (Å²) in [5, 5.41) is 0. The molecule has 0 spiro atoms. The Kier molecular flexibility index (Phi) is 5.60. The van der Waals surface area contributed by atoms with Crippen molar-refractivity contribution in [2.45, 2.75) is 64.2 Å². The highest BCUT2D eigenvalue weighted by Crippen LogP contribution is 2.34. The molecule has 0 aromatic heterocycles. The first kappa shape index (κ1) is 17.2. The van der Waals surface area contributed by atoms with E-state index in [1.165, 1.54) is 0 Å². The van der Waals surface area contributed by atoms with Gasteiger partial charge in [0.25, 0.3) is 0 Å². The summed E-state index contributed by atoms with van der Waals surface area (Å²) in [5.74, 6) is 0.977. The van der Waals surface area contributed by atoms with Crippen LogP contribution >= 0.6 is 0 Å². The highest BCUT2D eigenvalue weighted by atomic mass is 16.5. The zero-order chi connectivity index (χ0) is 16.4. The van der Waals surface area contributed by atoms with Crippen molar-refractivity contribution in [3.63, 3.8) is 0 Å². The third-order valence-electron chi connectivity index (χ3n) is 5.90. The number of ether oxygens (including phenoxy) is 1. The fourth-order valence-corrected chi connectivity index (χ4v) is 4.90. The maximum atomic E-state index is 13.0. The number of rotatable bonds is 4. The van der Waals surface area contributed by atoms with Crippen LogP contribution in [0.1, 0.15) is 46.0 Å². The molecule has 2 heterocycles. The van der Waals surface area contributed by atoms with Crippen LogP contribution in [0.15, 0.2) is 0 Å². The van der Waals surface area contributed by atoms with E-state index >= 15 is 0 Å². The lowest BCUT2D eigenvalue weighted by Gasteiger charge is -2.38. The third-order valence-corrected chi connectivity index (χ3v) is 5.90. The van der Waals surface area contributed by atoms with Crippen molar-refractivity contribution in [3.05, 3.63) is 0 Å². The Morgan fingerprint density at radius 3 is 2.57 bits per heavy atom. The summed E-state index contributed by atoms with van der Waals surface area (Å²) in [5.41, 5.74) is 5.88. The molecule has 3 fully saturated rings. The van der Waals surface area contributed by atoms with E-state index in [-0.39, 0.29) is 5.92 Å². The topological polar surface area (TPSA) is 58.8 Å². The Bertz CT molecular complexity index is 407. The Hall–Kier alpha value is -0.650. The molecule has 0 aromatic carbocycles. The van der Waals surface area contributed by atoms with Gasteiger partial charge in [-0.25, -0.2) is 0 Å². The van der Waals surface area contributed by atoms with Crippen LogP contribution in [0.3, 0.4) is 0 Å². The van der Waals surface area contributed by atoms with Gasteiger partial charge in [0.15, 0.2) is 0 Å². The second-order valence-electron chi connectivity index (χ2n) is 7.84. The number of likely N-dealkylation sites (tertiary alicyclic amines) is 1. The minimum Gasteiger partial charge on any atom is -0.373 e. The molecule has 1 saturated carbocycles. The molecule has 132 valence electrons. The Balaban J connectivity index is 1.60. The Morgan fingerprint density at radius 1 is 1.13 bits per heavy atom. The van der Waals surface area contributed by atoms with Crippen LogP contribution < -0.4 is 5.73 Å². The van der Waals surface area contributed by atoms with Gasteiger partial charge in [-0.3, -0.25) is 9.69 Å². The molecule has 5 heteroatoms. The van der Waals surface area contributed by atoms with Crippen LogP contribution in [0.4, 0.5) is 0 Å². The highest BCUT2D eigenvalue weighted by molar-refractivity contribution is 5.80. The number of nitrogens with two attached hydrogens (primary N) is 1. The number of carbonyl (C=O) groups is 1. The van der Waals surface area contributed by atoms with Gasteiger partial charge < -0.3 is 15.4 Å². The summed E-state index contributed by atoms with van der Waals surface area (Å²) in [6.45, 7) is 8.86. The highest BCUT2D eigenvalue weighted by Gasteiger charge is 2.39. The summed E-state index contributed by atoms with van der Waals surface area (Å²) >= 11 is 0.